The number of esters is 1. The minimum absolute atomic E-state index is 0.0997. The Morgan fingerprint density at radius 2 is 1.46 bits per heavy atom. The van der Waals surface area contributed by atoms with Gasteiger partial charge in [0.1, 0.15) is 0 Å². The van der Waals surface area contributed by atoms with E-state index in [-0.39, 0.29) is 12.3 Å². The number of carbonyl (C=O) groups excluding carboxylic acids is 3. The standard InChI is InChI=1S/C20H22N2O4/c1-2-21-20(25)22-18(23)14-26-19(24)13-17(15-9-5-3-6-10-15)16-11-7-4-8-12-16/h3-12,17H,2,13-14H2,1H3,(H2,21,22,23,25). The van der Waals surface area contributed by atoms with Crippen LogP contribution in [0.3, 0.4) is 0 Å². The summed E-state index contributed by atoms with van der Waals surface area (Å²) in [7, 11) is 0. The first-order valence-electron chi connectivity index (χ1n) is 8.43. The Kier molecular flexibility index (Phi) is 7.36. The second-order valence-corrected chi connectivity index (χ2v) is 5.65. The Hall–Kier alpha value is -3.15. The van der Waals surface area contributed by atoms with Gasteiger partial charge < -0.3 is 10.1 Å². The SMILES string of the molecule is CCNC(=O)NC(=O)COC(=O)CC(c1ccccc1)c1ccccc1. The van der Waals surface area contributed by atoms with Gasteiger partial charge in [-0.2, -0.15) is 0 Å². The highest BCUT2D eigenvalue weighted by Gasteiger charge is 2.20. The third kappa shape index (κ3) is 6.05. The van der Waals surface area contributed by atoms with Crippen molar-refractivity contribution in [1.82, 2.24) is 10.6 Å². The number of hydrogen-bond acceptors (Lipinski definition) is 4. The number of urea groups is 1. The molecule has 136 valence electrons. The molecule has 0 aliphatic rings. The topological polar surface area (TPSA) is 84.5 Å². The average Bonchev–Trinajstić information content (AvgIpc) is 2.66. The largest absolute Gasteiger partial charge is 0.456 e. The maximum absolute atomic E-state index is 12.2. The summed E-state index contributed by atoms with van der Waals surface area (Å²) in [6, 6.07) is 18.7. The van der Waals surface area contributed by atoms with E-state index in [1.807, 2.05) is 60.7 Å². The summed E-state index contributed by atoms with van der Waals surface area (Å²) in [5, 5.41) is 4.51. The molecule has 0 heterocycles. The van der Waals surface area contributed by atoms with Crippen LogP contribution in [0.15, 0.2) is 60.7 Å². The van der Waals surface area contributed by atoms with Crippen molar-refractivity contribution >= 4 is 17.9 Å². The molecule has 0 saturated heterocycles. The molecule has 3 amide bonds. The molecule has 2 aromatic rings. The van der Waals surface area contributed by atoms with E-state index < -0.39 is 24.5 Å². The van der Waals surface area contributed by atoms with Crippen molar-refractivity contribution in [2.24, 2.45) is 0 Å². The van der Waals surface area contributed by atoms with Gasteiger partial charge in [-0.25, -0.2) is 4.79 Å². The lowest BCUT2D eigenvalue weighted by Gasteiger charge is -2.17. The maximum atomic E-state index is 12.2. The van der Waals surface area contributed by atoms with E-state index in [0.717, 1.165) is 11.1 Å². The zero-order chi connectivity index (χ0) is 18.8. The Morgan fingerprint density at radius 3 is 1.96 bits per heavy atom. The predicted octanol–water partition coefficient (Wildman–Crippen LogP) is 2.60. The molecule has 2 rings (SSSR count). The monoisotopic (exact) mass is 354 g/mol. The lowest BCUT2D eigenvalue weighted by atomic mass is 9.89. The zero-order valence-electron chi connectivity index (χ0n) is 14.6. The Balaban J connectivity index is 1.97. The summed E-state index contributed by atoms with van der Waals surface area (Å²) in [5.41, 5.74) is 1.98. The molecular formula is C20H22N2O4. The predicted molar refractivity (Wildman–Crippen MR) is 97.5 cm³/mol. The van der Waals surface area contributed by atoms with Crippen molar-refractivity contribution in [2.45, 2.75) is 19.3 Å². The fraction of sp³-hybridized carbons (Fsp3) is 0.250. The molecule has 0 bridgehead atoms. The number of hydrogen-bond donors (Lipinski definition) is 2. The van der Waals surface area contributed by atoms with Crippen LogP contribution in [-0.4, -0.2) is 31.1 Å². The van der Waals surface area contributed by atoms with E-state index in [1.165, 1.54) is 0 Å². The van der Waals surface area contributed by atoms with E-state index in [9.17, 15) is 14.4 Å². The van der Waals surface area contributed by atoms with Crippen LogP contribution >= 0.6 is 0 Å². The van der Waals surface area contributed by atoms with Crippen LogP contribution in [0.4, 0.5) is 4.79 Å². The molecule has 0 radical (unpaired) electrons. The molecule has 0 saturated carbocycles. The van der Waals surface area contributed by atoms with Crippen molar-refractivity contribution in [3.05, 3.63) is 71.8 Å². The zero-order valence-corrected chi connectivity index (χ0v) is 14.6. The lowest BCUT2D eigenvalue weighted by Crippen LogP contribution is -2.41. The number of imide groups is 1. The molecule has 2 aromatic carbocycles. The molecule has 0 atom stereocenters. The number of ether oxygens (including phenoxy) is 1. The summed E-state index contributed by atoms with van der Waals surface area (Å²) >= 11 is 0. The first kappa shape index (κ1) is 19.2. The van der Waals surface area contributed by atoms with Gasteiger partial charge in [0.15, 0.2) is 6.61 Å². The van der Waals surface area contributed by atoms with Gasteiger partial charge in [0.25, 0.3) is 5.91 Å². The van der Waals surface area contributed by atoms with E-state index in [1.54, 1.807) is 6.92 Å². The van der Waals surface area contributed by atoms with E-state index >= 15 is 0 Å². The second-order valence-electron chi connectivity index (χ2n) is 5.65. The molecule has 6 heteroatoms. The van der Waals surface area contributed by atoms with Gasteiger partial charge in [0, 0.05) is 12.5 Å². The summed E-state index contributed by atoms with van der Waals surface area (Å²) in [4.78, 5) is 35.1. The number of rotatable bonds is 7. The highest BCUT2D eigenvalue weighted by atomic mass is 16.5. The first-order chi connectivity index (χ1) is 12.6. The molecule has 26 heavy (non-hydrogen) atoms. The van der Waals surface area contributed by atoms with Crippen LogP contribution in [0.2, 0.25) is 0 Å². The smallest absolute Gasteiger partial charge is 0.321 e. The summed E-state index contributed by atoms with van der Waals surface area (Å²) in [6.45, 7) is 1.64. The summed E-state index contributed by atoms with van der Waals surface area (Å²) < 4.78 is 5.03. The minimum atomic E-state index is -0.666. The van der Waals surface area contributed by atoms with Crippen molar-refractivity contribution in [3.63, 3.8) is 0 Å². The van der Waals surface area contributed by atoms with Crippen molar-refractivity contribution in [1.29, 1.82) is 0 Å². The van der Waals surface area contributed by atoms with Crippen LogP contribution in [0.25, 0.3) is 0 Å². The average molecular weight is 354 g/mol. The first-order valence-corrected chi connectivity index (χ1v) is 8.43. The Morgan fingerprint density at radius 1 is 0.923 bits per heavy atom. The third-order valence-corrected chi connectivity index (χ3v) is 3.73. The molecule has 0 aliphatic heterocycles. The van der Waals surface area contributed by atoms with Gasteiger partial charge in [0.2, 0.25) is 0 Å². The maximum Gasteiger partial charge on any atom is 0.321 e. The van der Waals surface area contributed by atoms with Gasteiger partial charge in [-0.05, 0) is 18.1 Å². The van der Waals surface area contributed by atoms with Crippen LogP contribution in [0.5, 0.6) is 0 Å². The van der Waals surface area contributed by atoms with Crippen molar-refractivity contribution in [3.8, 4) is 0 Å². The van der Waals surface area contributed by atoms with Crippen molar-refractivity contribution in [2.75, 3.05) is 13.2 Å². The van der Waals surface area contributed by atoms with Crippen LogP contribution < -0.4 is 10.6 Å². The van der Waals surface area contributed by atoms with Gasteiger partial charge >= 0.3 is 12.0 Å². The van der Waals surface area contributed by atoms with Gasteiger partial charge in [-0.1, -0.05) is 60.7 Å². The number of carbonyl (C=O) groups is 3. The van der Waals surface area contributed by atoms with Gasteiger partial charge in [-0.15, -0.1) is 0 Å². The number of nitrogens with one attached hydrogen (secondary N) is 2. The highest BCUT2D eigenvalue weighted by molar-refractivity contribution is 5.95. The van der Waals surface area contributed by atoms with Crippen LogP contribution in [0.1, 0.15) is 30.4 Å². The molecular weight excluding hydrogens is 332 g/mol. The van der Waals surface area contributed by atoms with Crippen LogP contribution in [-0.2, 0) is 14.3 Å². The Bertz CT molecular complexity index is 692. The molecule has 0 spiro atoms. The van der Waals surface area contributed by atoms with E-state index in [0.29, 0.717) is 6.54 Å². The summed E-state index contributed by atoms with van der Waals surface area (Å²) in [6.07, 6.45) is 0.0997. The van der Waals surface area contributed by atoms with Crippen molar-refractivity contribution < 1.29 is 19.1 Å². The molecule has 0 aromatic heterocycles. The fourth-order valence-electron chi connectivity index (χ4n) is 2.54. The second kappa shape index (κ2) is 9.98. The lowest BCUT2D eigenvalue weighted by molar-refractivity contribution is -0.148. The number of amides is 3. The number of benzene rings is 2. The van der Waals surface area contributed by atoms with Gasteiger partial charge in [-0.3, -0.25) is 14.9 Å². The molecule has 6 nitrogen and oxygen atoms in total. The molecule has 0 unspecified atom stereocenters. The quantitative estimate of drug-likeness (QED) is 0.749. The Labute approximate surface area is 152 Å². The summed E-state index contributed by atoms with van der Waals surface area (Å²) in [5.74, 6) is -1.34. The normalized spacial score (nSPS) is 10.2. The highest BCUT2D eigenvalue weighted by Crippen LogP contribution is 2.28. The van der Waals surface area contributed by atoms with E-state index in [2.05, 4.69) is 10.6 Å². The van der Waals surface area contributed by atoms with E-state index in [4.69, 9.17) is 4.74 Å². The fourth-order valence-corrected chi connectivity index (χ4v) is 2.54. The molecule has 0 fully saturated rings. The van der Waals surface area contributed by atoms with Crippen LogP contribution in [0, 0.1) is 0 Å². The third-order valence-electron chi connectivity index (χ3n) is 3.73. The van der Waals surface area contributed by atoms with Gasteiger partial charge in [0.05, 0.1) is 6.42 Å². The molecule has 2 N–H and O–H groups in total. The minimum Gasteiger partial charge on any atom is -0.456 e. The molecule has 0 aliphatic carbocycles.